The third-order valence-corrected chi connectivity index (χ3v) is 4.11. The lowest BCUT2D eigenvalue weighted by Crippen LogP contribution is -2.29. The largest absolute Gasteiger partial charge is 0.365 e. The predicted octanol–water partition coefficient (Wildman–Crippen LogP) is 1.74. The summed E-state index contributed by atoms with van der Waals surface area (Å²) in [4.78, 5) is 12.0. The number of hydrogen-bond donors (Lipinski definition) is 0. The molecule has 0 bridgehead atoms. The van der Waals surface area contributed by atoms with Gasteiger partial charge in [0.2, 0.25) is 0 Å². The van der Waals surface area contributed by atoms with Crippen molar-refractivity contribution < 1.29 is 13.3 Å². The molecule has 0 aromatic heterocycles. The number of nitro groups is 1. The average Bonchev–Trinajstić information content (AvgIpc) is 2.36. The van der Waals surface area contributed by atoms with E-state index in [1.54, 1.807) is 18.9 Å². The van der Waals surface area contributed by atoms with Crippen molar-refractivity contribution in [2.24, 2.45) is 0 Å². The first-order valence-electron chi connectivity index (χ1n) is 5.76. The van der Waals surface area contributed by atoms with Crippen molar-refractivity contribution in [1.82, 2.24) is 0 Å². The van der Waals surface area contributed by atoms with Gasteiger partial charge in [-0.15, -0.1) is 0 Å². The molecule has 7 nitrogen and oxygen atoms in total. The summed E-state index contributed by atoms with van der Waals surface area (Å²) < 4.78 is 22.9. The summed E-state index contributed by atoms with van der Waals surface area (Å²) in [6.07, 6.45) is 1.20. The number of nitro benzene ring substituents is 1. The summed E-state index contributed by atoms with van der Waals surface area (Å²) >= 11 is 0. The van der Waals surface area contributed by atoms with Crippen LogP contribution in [0.4, 0.5) is 11.4 Å². The third kappa shape index (κ3) is 3.45. The van der Waals surface area contributed by atoms with E-state index in [1.165, 1.54) is 12.1 Å². The second kappa shape index (κ2) is 5.88. The SMILES string of the molecule is CC(CC#N)N(C)c1ccc(S(C)(=O)=O)cc1[N+](=O)[O-]. The minimum Gasteiger partial charge on any atom is -0.365 e. The Hall–Kier alpha value is -2.14. The molecule has 0 fully saturated rings. The van der Waals surface area contributed by atoms with Crippen molar-refractivity contribution in [3.05, 3.63) is 28.3 Å². The van der Waals surface area contributed by atoms with E-state index in [4.69, 9.17) is 5.26 Å². The standard InChI is InChI=1S/C12H15N3O4S/c1-9(6-7-13)14(2)11-5-4-10(20(3,18)19)8-12(11)15(16)17/h4-5,8-9H,6H2,1-3H3. The Balaban J connectivity index is 3.35. The lowest BCUT2D eigenvalue weighted by Gasteiger charge is -2.24. The average molecular weight is 297 g/mol. The summed E-state index contributed by atoms with van der Waals surface area (Å²) in [7, 11) is -1.88. The molecular weight excluding hydrogens is 282 g/mol. The molecule has 1 rings (SSSR count). The first-order chi connectivity index (χ1) is 9.18. The summed E-state index contributed by atoms with van der Waals surface area (Å²) in [5.41, 5.74) is -0.00892. The number of nitrogens with zero attached hydrogens (tertiary/aromatic N) is 3. The minimum atomic E-state index is -3.51. The zero-order chi connectivity index (χ0) is 15.5. The Morgan fingerprint density at radius 1 is 1.50 bits per heavy atom. The summed E-state index contributed by atoms with van der Waals surface area (Å²) in [5.74, 6) is 0. The summed E-state index contributed by atoms with van der Waals surface area (Å²) in [5, 5.41) is 19.8. The summed E-state index contributed by atoms with van der Waals surface area (Å²) in [6, 6.07) is 5.54. The van der Waals surface area contributed by atoms with Gasteiger partial charge < -0.3 is 4.90 Å². The first-order valence-corrected chi connectivity index (χ1v) is 7.66. The van der Waals surface area contributed by atoms with Crippen LogP contribution in [0.1, 0.15) is 13.3 Å². The first kappa shape index (κ1) is 15.9. The van der Waals surface area contributed by atoms with Crippen molar-refractivity contribution in [2.75, 3.05) is 18.2 Å². The van der Waals surface area contributed by atoms with E-state index < -0.39 is 14.8 Å². The number of sulfone groups is 1. The highest BCUT2D eigenvalue weighted by atomic mass is 32.2. The van der Waals surface area contributed by atoms with Crippen molar-refractivity contribution in [3.63, 3.8) is 0 Å². The molecule has 1 aromatic rings. The van der Waals surface area contributed by atoms with Gasteiger partial charge >= 0.3 is 0 Å². The van der Waals surface area contributed by atoms with Crippen LogP contribution in [-0.4, -0.2) is 32.7 Å². The van der Waals surface area contributed by atoms with Gasteiger partial charge in [0.1, 0.15) is 5.69 Å². The van der Waals surface area contributed by atoms with Gasteiger partial charge in [0.25, 0.3) is 5.69 Å². The highest BCUT2D eigenvalue weighted by Crippen LogP contribution is 2.31. The van der Waals surface area contributed by atoms with E-state index in [1.807, 2.05) is 6.07 Å². The Labute approximate surface area is 117 Å². The van der Waals surface area contributed by atoms with Crippen molar-refractivity contribution in [3.8, 4) is 6.07 Å². The van der Waals surface area contributed by atoms with Gasteiger partial charge in [-0.25, -0.2) is 8.42 Å². The van der Waals surface area contributed by atoms with Gasteiger partial charge in [0.05, 0.1) is 22.3 Å². The molecule has 8 heteroatoms. The lowest BCUT2D eigenvalue weighted by atomic mass is 10.2. The molecular formula is C12H15N3O4S. The molecule has 0 aliphatic heterocycles. The van der Waals surface area contributed by atoms with Crippen LogP contribution in [0.15, 0.2) is 23.1 Å². The normalized spacial score (nSPS) is 12.5. The van der Waals surface area contributed by atoms with Gasteiger partial charge in [-0.3, -0.25) is 10.1 Å². The minimum absolute atomic E-state index is 0.103. The van der Waals surface area contributed by atoms with E-state index in [2.05, 4.69) is 0 Å². The molecule has 0 aliphatic rings. The fraction of sp³-hybridized carbons (Fsp3) is 0.417. The van der Waals surface area contributed by atoms with Gasteiger partial charge in [0.15, 0.2) is 9.84 Å². The predicted molar refractivity (Wildman–Crippen MR) is 74.3 cm³/mol. The number of nitriles is 1. The molecule has 0 heterocycles. The van der Waals surface area contributed by atoms with E-state index in [9.17, 15) is 18.5 Å². The van der Waals surface area contributed by atoms with Gasteiger partial charge in [-0.2, -0.15) is 5.26 Å². The Morgan fingerprint density at radius 2 is 2.10 bits per heavy atom. The molecule has 0 spiro atoms. The molecule has 108 valence electrons. The van der Waals surface area contributed by atoms with E-state index in [0.29, 0.717) is 0 Å². The van der Waals surface area contributed by atoms with Crippen molar-refractivity contribution in [2.45, 2.75) is 24.3 Å². The fourth-order valence-electron chi connectivity index (χ4n) is 1.68. The van der Waals surface area contributed by atoms with E-state index in [-0.39, 0.29) is 28.7 Å². The molecule has 0 aliphatic carbocycles. The maximum absolute atomic E-state index is 11.4. The Kier molecular flexibility index (Phi) is 4.68. The highest BCUT2D eigenvalue weighted by Gasteiger charge is 2.23. The van der Waals surface area contributed by atoms with Crippen LogP contribution in [0.2, 0.25) is 0 Å². The topological polar surface area (TPSA) is 104 Å². The van der Waals surface area contributed by atoms with Crippen LogP contribution in [-0.2, 0) is 9.84 Å². The molecule has 20 heavy (non-hydrogen) atoms. The van der Waals surface area contributed by atoms with Crippen LogP contribution >= 0.6 is 0 Å². The monoisotopic (exact) mass is 297 g/mol. The van der Waals surface area contributed by atoms with E-state index in [0.717, 1.165) is 12.3 Å². The van der Waals surface area contributed by atoms with Gasteiger partial charge in [0, 0.05) is 25.4 Å². The number of benzene rings is 1. The molecule has 0 amide bonds. The molecule has 0 radical (unpaired) electrons. The number of hydrogen-bond acceptors (Lipinski definition) is 6. The molecule has 1 aromatic carbocycles. The van der Waals surface area contributed by atoms with Crippen molar-refractivity contribution in [1.29, 1.82) is 5.26 Å². The van der Waals surface area contributed by atoms with Gasteiger partial charge in [-0.05, 0) is 19.1 Å². The summed E-state index contributed by atoms with van der Waals surface area (Å²) in [6.45, 7) is 1.76. The third-order valence-electron chi connectivity index (χ3n) is 3.00. The Bertz CT molecular complexity index is 664. The van der Waals surface area contributed by atoms with Crippen LogP contribution in [0.25, 0.3) is 0 Å². The number of rotatable bonds is 5. The fourth-order valence-corrected chi connectivity index (χ4v) is 2.33. The van der Waals surface area contributed by atoms with Crippen LogP contribution in [0, 0.1) is 21.4 Å². The second-order valence-corrected chi connectivity index (χ2v) is 6.52. The highest BCUT2D eigenvalue weighted by molar-refractivity contribution is 7.90. The molecule has 1 atom stereocenters. The zero-order valence-corrected chi connectivity index (χ0v) is 12.2. The zero-order valence-electron chi connectivity index (χ0n) is 11.4. The molecule has 0 saturated heterocycles. The Morgan fingerprint density at radius 3 is 2.55 bits per heavy atom. The second-order valence-electron chi connectivity index (χ2n) is 4.50. The van der Waals surface area contributed by atoms with Crippen LogP contribution in [0.5, 0.6) is 0 Å². The number of anilines is 1. The maximum atomic E-state index is 11.4. The lowest BCUT2D eigenvalue weighted by molar-refractivity contribution is -0.384. The smallest absolute Gasteiger partial charge is 0.293 e. The maximum Gasteiger partial charge on any atom is 0.293 e. The molecule has 0 N–H and O–H groups in total. The van der Waals surface area contributed by atoms with Crippen molar-refractivity contribution >= 4 is 21.2 Å². The quantitative estimate of drug-likeness (QED) is 0.605. The molecule has 0 saturated carbocycles. The van der Waals surface area contributed by atoms with E-state index >= 15 is 0 Å². The van der Waals surface area contributed by atoms with Crippen LogP contribution in [0.3, 0.4) is 0 Å². The van der Waals surface area contributed by atoms with Gasteiger partial charge in [-0.1, -0.05) is 0 Å². The molecule has 1 unspecified atom stereocenters. The van der Waals surface area contributed by atoms with Crippen LogP contribution < -0.4 is 4.90 Å².